The Morgan fingerprint density at radius 2 is 1.84 bits per heavy atom. The van der Waals surface area contributed by atoms with E-state index in [0.29, 0.717) is 11.3 Å². The molecule has 2 aromatic carbocycles. The van der Waals surface area contributed by atoms with E-state index in [9.17, 15) is 18.3 Å². The Bertz CT molecular complexity index is 849. The van der Waals surface area contributed by atoms with Crippen molar-refractivity contribution in [1.82, 2.24) is 4.31 Å². The van der Waals surface area contributed by atoms with Gasteiger partial charge in [0.2, 0.25) is 10.0 Å². The monoisotopic (exact) mass is 363 g/mol. The maximum Gasteiger partial charge on any atom is 0.322 e. The van der Waals surface area contributed by atoms with Gasteiger partial charge in [-0.15, -0.1) is 0 Å². The van der Waals surface area contributed by atoms with Crippen LogP contribution in [0.3, 0.4) is 0 Å². The smallest absolute Gasteiger partial charge is 0.322 e. The van der Waals surface area contributed by atoms with E-state index in [1.807, 2.05) is 13.0 Å². The van der Waals surface area contributed by atoms with Crippen molar-refractivity contribution in [3.05, 3.63) is 59.7 Å². The van der Waals surface area contributed by atoms with Crippen molar-refractivity contribution in [1.29, 1.82) is 0 Å². The van der Waals surface area contributed by atoms with Crippen LogP contribution >= 0.6 is 0 Å². The van der Waals surface area contributed by atoms with E-state index >= 15 is 0 Å². The van der Waals surface area contributed by atoms with Gasteiger partial charge in [-0.25, -0.2) is 8.42 Å². The van der Waals surface area contributed by atoms with E-state index in [4.69, 9.17) is 4.74 Å². The minimum atomic E-state index is -3.92. The molecular formula is C18H21NO5S. The molecular weight excluding hydrogens is 342 g/mol. The van der Waals surface area contributed by atoms with Gasteiger partial charge in [0.1, 0.15) is 11.8 Å². The van der Waals surface area contributed by atoms with Gasteiger partial charge < -0.3 is 9.84 Å². The fourth-order valence-electron chi connectivity index (χ4n) is 2.57. The number of sulfonamides is 1. The number of aryl methyl sites for hydroxylation is 1. The summed E-state index contributed by atoms with van der Waals surface area (Å²) in [5, 5.41) is 9.60. The molecule has 0 saturated carbocycles. The third kappa shape index (κ3) is 4.18. The Morgan fingerprint density at radius 3 is 2.40 bits per heavy atom. The maximum atomic E-state index is 12.7. The minimum absolute atomic E-state index is 0.00273. The molecule has 0 aliphatic rings. The number of carbonyl (C=O) groups is 1. The Morgan fingerprint density at radius 1 is 1.20 bits per heavy atom. The molecule has 1 unspecified atom stereocenters. The lowest BCUT2D eigenvalue weighted by atomic mass is 10.0. The molecule has 0 saturated heterocycles. The van der Waals surface area contributed by atoms with Crippen LogP contribution in [0, 0.1) is 6.92 Å². The molecule has 0 aromatic heterocycles. The van der Waals surface area contributed by atoms with Gasteiger partial charge >= 0.3 is 5.97 Å². The predicted octanol–water partition coefficient (Wildman–Crippen LogP) is 2.32. The molecule has 7 heteroatoms. The number of methoxy groups -OCH3 is 1. The number of carboxylic acids is 1. The molecule has 1 N–H and O–H groups in total. The van der Waals surface area contributed by atoms with Gasteiger partial charge in [-0.05, 0) is 30.7 Å². The first kappa shape index (κ1) is 19.0. The van der Waals surface area contributed by atoms with Crippen LogP contribution in [-0.2, 0) is 21.2 Å². The summed E-state index contributed by atoms with van der Waals surface area (Å²) >= 11 is 0. The highest BCUT2D eigenvalue weighted by Crippen LogP contribution is 2.24. The molecule has 134 valence electrons. The van der Waals surface area contributed by atoms with Crippen molar-refractivity contribution in [2.24, 2.45) is 0 Å². The summed E-state index contributed by atoms with van der Waals surface area (Å²) in [7, 11) is -1.15. The van der Waals surface area contributed by atoms with Gasteiger partial charge in [-0.3, -0.25) is 4.79 Å². The van der Waals surface area contributed by atoms with Crippen LogP contribution in [-0.4, -0.2) is 44.0 Å². The van der Waals surface area contributed by atoms with E-state index in [-0.39, 0.29) is 11.3 Å². The molecule has 25 heavy (non-hydrogen) atoms. The van der Waals surface area contributed by atoms with Gasteiger partial charge in [-0.2, -0.15) is 4.31 Å². The summed E-state index contributed by atoms with van der Waals surface area (Å²) in [6.45, 7) is 1.88. The third-order valence-electron chi connectivity index (χ3n) is 3.99. The molecule has 0 heterocycles. The van der Waals surface area contributed by atoms with E-state index in [2.05, 4.69) is 0 Å². The highest BCUT2D eigenvalue weighted by atomic mass is 32.2. The van der Waals surface area contributed by atoms with Gasteiger partial charge in [0.25, 0.3) is 0 Å². The highest BCUT2D eigenvalue weighted by Gasteiger charge is 2.33. The number of likely N-dealkylation sites (N-methyl/N-ethyl adjacent to an activating group) is 1. The highest BCUT2D eigenvalue weighted by molar-refractivity contribution is 7.89. The van der Waals surface area contributed by atoms with Crippen molar-refractivity contribution >= 4 is 16.0 Å². The molecule has 0 aliphatic carbocycles. The summed E-state index contributed by atoms with van der Waals surface area (Å²) in [5.41, 5.74) is 1.58. The Labute approximate surface area is 147 Å². The van der Waals surface area contributed by atoms with Crippen molar-refractivity contribution in [3.8, 4) is 5.75 Å². The van der Waals surface area contributed by atoms with Crippen LogP contribution in [0.4, 0.5) is 0 Å². The number of ether oxygens (including phenoxy) is 1. The molecule has 0 radical (unpaired) electrons. The van der Waals surface area contributed by atoms with E-state index in [1.54, 1.807) is 30.3 Å². The average Bonchev–Trinajstić information content (AvgIpc) is 2.59. The number of carboxylic acid groups (broad SMARTS) is 1. The largest absolute Gasteiger partial charge is 0.496 e. The zero-order chi connectivity index (χ0) is 18.6. The molecule has 0 bridgehead atoms. The molecule has 0 aliphatic heterocycles. The van der Waals surface area contributed by atoms with Gasteiger partial charge in [-0.1, -0.05) is 35.9 Å². The average molecular weight is 363 g/mol. The number of benzene rings is 2. The molecule has 6 nitrogen and oxygen atoms in total. The van der Waals surface area contributed by atoms with Crippen LogP contribution in [0.1, 0.15) is 11.1 Å². The number of hydrogen-bond donors (Lipinski definition) is 1. The quantitative estimate of drug-likeness (QED) is 0.816. The van der Waals surface area contributed by atoms with Crippen molar-refractivity contribution < 1.29 is 23.1 Å². The topological polar surface area (TPSA) is 83.9 Å². The second-order valence-corrected chi connectivity index (χ2v) is 7.71. The molecule has 0 amide bonds. The van der Waals surface area contributed by atoms with E-state index < -0.39 is 22.0 Å². The summed E-state index contributed by atoms with van der Waals surface area (Å²) in [5.74, 6) is -0.687. The molecule has 0 spiro atoms. The van der Waals surface area contributed by atoms with Gasteiger partial charge in [0, 0.05) is 13.5 Å². The lowest BCUT2D eigenvalue weighted by molar-refractivity contribution is -0.141. The zero-order valence-corrected chi connectivity index (χ0v) is 15.2. The third-order valence-corrected chi connectivity index (χ3v) is 5.87. The van der Waals surface area contributed by atoms with E-state index in [0.717, 1.165) is 9.87 Å². The Kier molecular flexibility index (Phi) is 5.81. The zero-order valence-electron chi connectivity index (χ0n) is 14.3. The lowest BCUT2D eigenvalue weighted by Crippen LogP contribution is -2.43. The second-order valence-electron chi connectivity index (χ2n) is 5.71. The van der Waals surface area contributed by atoms with E-state index in [1.165, 1.54) is 26.3 Å². The summed E-state index contributed by atoms with van der Waals surface area (Å²) in [4.78, 5) is 11.8. The number of aliphatic carboxylic acids is 1. The lowest BCUT2D eigenvalue weighted by Gasteiger charge is -2.25. The number of rotatable bonds is 7. The first-order valence-corrected chi connectivity index (χ1v) is 9.10. The standard InChI is InChI=1S/C18H21NO5S/c1-13-9-10-17(24-3)14(11-13)12-16(18(20)21)19(2)25(22,23)15-7-5-4-6-8-15/h4-11,16H,12H2,1-3H3,(H,20,21). The van der Waals surface area contributed by atoms with Crippen LogP contribution in [0.25, 0.3) is 0 Å². The predicted molar refractivity (Wildman–Crippen MR) is 94.2 cm³/mol. The van der Waals surface area contributed by atoms with Gasteiger partial charge in [0.05, 0.1) is 12.0 Å². The molecule has 0 fully saturated rings. The summed E-state index contributed by atoms with van der Waals surface area (Å²) < 4.78 is 31.6. The Balaban J connectivity index is 2.39. The van der Waals surface area contributed by atoms with Crippen LogP contribution in [0.2, 0.25) is 0 Å². The van der Waals surface area contributed by atoms with Crippen molar-refractivity contribution in [2.75, 3.05) is 14.2 Å². The number of hydrogen-bond acceptors (Lipinski definition) is 4. The second kappa shape index (κ2) is 7.67. The first-order chi connectivity index (χ1) is 11.8. The molecule has 1 atom stereocenters. The molecule has 2 rings (SSSR count). The number of nitrogens with zero attached hydrogens (tertiary/aromatic N) is 1. The van der Waals surface area contributed by atoms with Crippen LogP contribution in [0.15, 0.2) is 53.4 Å². The fourth-order valence-corrected chi connectivity index (χ4v) is 3.91. The van der Waals surface area contributed by atoms with Crippen LogP contribution < -0.4 is 4.74 Å². The van der Waals surface area contributed by atoms with Gasteiger partial charge in [0.15, 0.2) is 0 Å². The summed E-state index contributed by atoms with van der Waals surface area (Å²) in [6, 6.07) is 11.9. The fraction of sp³-hybridized carbons (Fsp3) is 0.278. The summed E-state index contributed by atoms with van der Waals surface area (Å²) in [6.07, 6.45) is 0.00273. The maximum absolute atomic E-state index is 12.7. The minimum Gasteiger partial charge on any atom is -0.496 e. The Hall–Kier alpha value is -2.38. The van der Waals surface area contributed by atoms with Crippen molar-refractivity contribution in [2.45, 2.75) is 24.3 Å². The SMILES string of the molecule is COc1ccc(C)cc1CC(C(=O)O)N(C)S(=O)(=O)c1ccccc1. The van der Waals surface area contributed by atoms with Crippen molar-refractivity contribution in [3.63, 3.8) is 0 Å². The molecule has 2 aromatic rings. The van der Waals surface area contributed by atoms with Crippen LogP contribution in [0.5, 0.6) is 5.75 Å². The first-order valence-electron chi connectivity index (χ1n) is 7.66. The normalized spacial score (nSPS) is 12.8.